The number of amides is 3. The Morgan fingerprint density at radius 3 is 2.71 bits per heavy atom. The van der Waals surface area contributed by atoms with Crippen molar-refractivity contribution < 1.29 is 18.7 Å². The van der Waals surface area contributed by atoms with Crippen LogP contribution in [0.25, 0.3) is 0 Å². The highest BCUT2D eigenvalue weighted by molar-refractivity contribution is 7.09. The second kappa shape index (κ2) is 7.77. The molecule has 1 spiro atoms. The summed E-state index contributed by atoms with van der Waals surface area (Å²) < 4.78 is 18.6. The summed E-state index contributed by atoms with van der Waals surface area (Å²) in [4.78, 5) is 31.6. The van der Waals surface area contributed by atoms with Crippen molar-refractivity contribution >= 4 is 23.3 Å². The second-order valence-electron chi connectivity index (χ2n) is 7.82. The fourth-order valence-electron chi connectivity index (χ4n) is 4.17. The van der Waals surface area contributed by atoms with Gasteiger partial charge in [-0.2, -0.15) is 0 Å². The lowest BCUT2D eigenvalue weighted by Gasteiger charge is -2.32. The van der Waals surface area contributed by atoms with Crippen LogP contribution < -0.4 is 10.1 Å². The van der Waals surface area contributed by atoms with Crippen LogP contribution in [0, 0.1) is 5.82 Å². The van der Waals surface area contributed by atoms with Gasteiger partial charge in [0.15, 0.2) is 0 Å². The minimum absolute atomic E-state index is 0.126. The van der Waals surface area contributed by atoms with Gasteiger partial charge in [0.25, 0.3) is 5.91 Å². The Morgan fingerprint density at radius 1 is 1.13 bits per heavy atom. The third-order valence-electron chi connectivity index (χ3n) is 5.77. The van der Waals surface area contributed by atoms with Crippen molar-refractivity contribution in [2.24, 2.45) is 0 Å². The number of benzene rings is 2. The van der Waals surface area contributed by atoms with Gasteiger partial charge in [-0.1, -0.05) is 24.3 Å². The fourth-order valence-corrected chi connectivity index (χ4v) is 4.87. The predicted molar refractivity (Wildman–Crippen MR) is 113 cm³/mol. The Labute approximate surface area is 182 Å². The van der Waals surface area contributed by atoms with E-state index in [9.17, 15) is 14.0 Å². The third kappa shape index (κ3) is 3.79. The molecule has 2 heterocycles. The first-order valence-electron chi connectivity index (χ1n) is 10.0. The molecule has 2 aromatic carbocycles. The van der Waals surface area contributed by atoms with Gasteiger partial charge in [0.05, 0.1) is 12.2 Å². The van der Waals surface area contributed by atoms with E-state index in [-0.39, 0.29) is 30.9 Å². The monoisotopic (exact) mass is 437 g/mol. The van der Waals surface area contributed by atoms with Crippen molar-refractivity contribution in [3.8, 4) is 5.75 Å². The van der Waals surface area contributed by atoms with Crippen LogP contribution >= 0.6 is 11.3 Å². The lowest BCUT2D eigenvalue weighted by atomic mass is 9.78. The van der Waals surface area contributed by atoms with E-state index in [4.69, 9.17) is 4.74 Å². The quantitative estimate of drug-likeness (QED) is 0.616. The summed E-state index contributed by atoms with van der Waals surface area (Å²) in [5, 5.41) is 5.49. The van der Waals surface area contributed by atoms with E-state index < -0.39 is 5.54 Å². The number of nitrogens with one attached hydrogen (secondary N) is 1. The first kappa shape index (κ1) is 19.7. The SMILES string of the molecule is O=C1NC2(CCc3ccccc3C2)C(=O)N1Cc1csc(COc2ccc(F)cc2)n1. The highest BCUT2D eigenvalue weighted by atomic mass is 32.1. The number of ether oxygens (including phenoxy) is 1. The number of fused-ring (bicyclic) bond motifs is 1. The Morgan fingerprint density at radius 2 is 1.90 bits per heavy atom. The summed E-state index contributed by atoms with van der Waals surface area (Å²) in [5.74, 6) is 0.0348. The zero-order valence-electron chi connectivity index (χ0n) is 16.6. The van der Waals surface area contributed by atoms with Crippen LogP contribution in [-0.2, 0) is 30.8 Å². The molecule has 6 nitrogen and oxygen atoms in total. The number of hydrogen-bond acceptors (Lipinski definition) is 5. The molecule has 0 saturated carbocycles. The van der Waals surface area contributed by atoms with Crippen LogP contribution in [0.5, 0.6) is 5.75 Å². The van der Waals surface area contributed by atoms with Gasteiger partial charge >= 0.3 is 6.03 Å². The number of halogens is 1. The van der Waals surface area contributed by atoms with E-state index in [1.54, 1.807) is 12.1 Å². The number of aryl methyl sites for hydroxylation is 1. The van der Waals surface area contributed by atoms with Gasteiger partial charge in [-0.3, -0.25) is 9.69 Å². The maximum Gasteiger partial charge on any atom is 0.325 e. The molecule has 0 radical (unpaired) electrons. The molecule has 31 heavy (non-hydrogen) atoms. The molecule has 1 aromatic heterocycles. The summed E-state index contributed by atoms with van der Waals surface area (Å²) in [5.41, 5.74) is 2.12. The smallest absolute Gasteiger partial charge is 0.325 e. The predicted octanol–water partition coefficient (Wildman–Crippen LogP) is 3.84. The molecular formula is C23H20FN3O3S. The number of thiazole rings is 1. The Bertz CT molecular complexity index is 1150. The van der Waals surface area contributed by atoms with Crippen LogP contribution in [0.1, 0.15) is 28.2 Å². The maximum atomic E-state index is 13.2. The first-order valence-corrected chi connectivity index (χ1v) is 10.9. The summed E-state index contributed by atoms with van der Waals surface area (Å²) in [6.45, 7) is 0.359. The Balaban J connectivity index is 1.25. The van der Waals surface area contributed by atoms with E-state index in [1.165, 1.54) is 33.9 Å². The molecule has 1 aliphatic carbocycles. The fraction of sp³-hybridized carbons (Fsp3) is 0.261. The van der Waals surface area contributed by atoms with Crippen LogP contribution in [-0.4, -0.2) is 27.4 Å². The summed E-state index contributed by atoms with van der Waals surface area (Å²) >= 11 is 1.40. The van der Waals surface area contributed by atoms with Gasteiger partial charge < -0.3 is 10.1 Å². The van der Waals surface area contributed by atoms with E-state index in [0.717, 1.165) is 12.0 Å². The molecule has 3 amide bonds. The maximum absolute atomic E-state index is 13.2. The summed E-state index contributed by atoms with van der Waals surface area (Å²) in [7, 11) is 0. The standard InChI is InChI=1S/C23H20FN3O3S/c24-17-5-7-19(8-6-17)30-13-20-25-18(14-31-20)12-27-21(28)23(26-22(27)29)10-9-15-3-1-2-4-16(15)11-23/h1-8,14H,9-13H2,(H,26,29). The number of carbonyl (C=O) groups is 2. The molecule has 8 heteroatoms. The summed E-state index contributed by atoms with van der Waals surface area (Å²) in [6.07, 6.45) is 1.87. The number of rotatable bonds is 5. The molecule has 5 rings (SSSR count). The number of hydrogen-bond donors (Lipinski definition) is 1. The van der Waals surface area contributed by atoms with Crippen LogP contribution in [0.3, 0.4) is 0 Å². The van der Waals surface area contributed by atoms with E-state index in [0.29, 0.717) is 29.3 Å². The zero-order valence-corrected chi connectivity index (χ0v) is 17.5. The van der Waals surface area contributed by atoms with Crippen molar-refractivity contribution in [3.63, 3.8) is 0 Å². The zero-order chi connectivity index (χ0) is 21.4. The Hall–Kier alpha value is -3.26. The molecule has 1 atom stereocenters. The van der Waals surface area contributed by atoms with Gasteiger partial charge in [0.2, 0.25) is 0 Å². The van der Waals surface area contributed by atoms with E-state index >= 15 is 0 Å². The minimum Gasteiger partial charge on any atom is -0.486 e. The van der Waals surface area contributed by atoms with Gasteiger partial charge in [-0.25, -0.2) is 14.2 Å². The molecule has 0 bridgehead atoms. The molecule has 1 saturated heterocycles. The second-order valence-corrected chi connectivity index (χ2v) is 8.77. The van der Waals surface area contributed by atoms with E-state index in [2.05, 4.69) is 16.4 Å². The van der Waals surface area contributed by atoms with Crippen molar-refractivity contribution in [1.29, 1.82) is 0 Å². The van der Waals surface area contributed by atoms with Gasteiger partial charge in [0, 0.05) is 11.8 Å². The lowest BCUT2D eigenvalue weighted by Crippen LogP contribution is -2.51. The molecule has 158 valence electrons. The third-order valence-corrected chi connectivity index (χ3v) is 6.64. The number of urea groups is 1. The molecule has 2 aliphatic rings. The first-order chi connectivity index (χ1) is 15.0. The highest BCUT2D eigenvalue weighted by Gasteiger charge is 2.52. The largest absolute Gasteiger partial charge is 0.486 e. The van der Waals surface area contributed by atoms with Gasteiger partial charge in [0.1, 0.15) is 28.7 Å². The molecule has 1 fully saturated rings. The molecule has 1 N–H and O–H groups in total. The number of nitrogens with zero attached hydrogens (tertiary/aromatic N) is 2. The van der Waals surface area contributed by atoms with Crippen molar-refractivity contribution in [2.45, 2.75) is 38.0 Å². The average molecular weight is 437 g/mol. The average Bonchev–Trinajstić information content (AvgIpc) is 3.32. The Kier molecular flexibility index (Phi) is 4.94. The number of aromatic nitrogens is 1. The van der Waals surface area contributed by atoms with Gasteiger partial charge in [-0.15, -0.1) is 11.3 Å². The molecule has 1 unspecified atom stereocenters. The van der Waals surface area contributed by atoms with Crippen LogP contribution in [0.4, 0.5) is 9.18 Å². The van der Waals surface area contributed by atoms with Crippen molar-refractivity contribution in [2.75, 3.05) is 0 Å². The minimum atomic E-state index is -0.865. The van der Waals surface area contributed by atoms with Crippen molar-refractivity contribution in [3.05, 3.63) is 81.6 Å². The van der Waals surface area contributed by atoms with Crippen molar-refractivity contribution in [1.82, 2.24) is 15.2 Å². The normalized spacial score (nSPS) is 20.1. The van der Waals surface area contributed by atoms with Crippen LogP contribution in [0.15, 0.2) is 53.9 Å². The number of carbonyl (C=O) groups excluding carboxylic acids is 2. The topological polar surface area (TPSA) is 71.5 Å². The molecule has 3 aromatic rings. The molecule has 1 aliphatic heterocycles. The molecular weight excluding hydrogens is 417 g/mol. The lowest BCUT2D eigenvalue weighted by molar-refractivity contribution is -0.132. The summed E-state index contributed by atoms with van der Waals surface area (Å²) in [6, 6.07) is 13.5. The van der Waals surface area contributed by atoms with E-state index in [1.807, 2.05) is 23.6 Å². The van der Waals surface area contributed by atoms with Gasteiger partial charge in [-0.05, 0) is 48.2 Å². The number of imide groups is 1. The highest BCUT2D eigenvalue weighted by Crippen LogP contribution is 2.34. The van der Waals surface area contributed by atoms with Crippen LogP contribution in [0.2, 0.25) is 0 Å².